The zero-order chi connectivity index (χ0) is 8.69. The van der Waals surface area contributed by atoms with Crippen LogP contribution in [0.1, 0.15) is 13.8 Å². The first-order valence-corrected chi connectivity index (χ1v) is 3.60. The van der Waals surface area contributed by atoms with E-state index in [0.29, 0.717) is 0 Å². The van der Waals surface area contributed by atoms with Crippen LogP contribution in [-0.4, -0.2) is 0 Å². The van der Waals surface area contributed by atoms with Gasteiger partial charge in [0.15, 0.2) is 0 Å². The van der Waals surface area contributed by atoms with Gasteiger partial charge in [-0.3, -0.25) is 0 Å². The molecule has 11 heavy (non-hydrogen) atoms. The molecule has 0 atom stereocenters. The second-order valence-corrected chi connectivity index (χ2v) is 2.21. The number of hydrogen-bond donors (Lipinski definition) is 1. The van der Waals surface area contributed by atoms with Gasteiger partial charge in [-0.05, 0) is 31.2 Å². The van der Waals surface area contributed by atoms with E-state index in [9.17, 15) is 0 Å². The minimum Gasteiger partial charge on any atom is -0.404 e. The van der Waals surface area contributed by atoms with Gasteiger partial charge in [-0.25, -0.2) is 0 Å². The Bertz CT molecular complexity index is 207. The molecule has 0 spiro atoms. The molecule has 0 aliphatic carbocycles. The van der Waals surface area contributed by atoms with Crippen LogP contribution < -0.4 is 5.73 Å². The highest BCUT2D eigenvalue weighted by molar-refractivity contribution is 5.39. The molecule has 0 aliphatic rings. The van der Waals surface area contributed by atoms with Crippen LogP contribution in [0.15, 0.2) is 48.2 Å². The number of hydrogen-bond acceptors (Lipinski definition) is 1. The van der Waals surface area contributed by atoms with Crippen LogP contribution in [0.5, 0.6) is 0 Å². The lowest BCUT2D eigenvalue weighted by molar-refractivity contribution is 1.37. The van der Waals surface area contributed by atoms with E-state index in [0.717, 1.165) is 11.1 Å². The van der Waals surface area contributed by atoms with Crippen molar-refractivity contribution in [2.75, 3.05) is 0 Å². The fourth-order valence-electron chi connectivity index (χ4n) is 0.721. The average molecular weight is 149 g/mol. The molecule has 0 aliphatic heterocycles. The van der Waals surface area contributed by atoms with E-state index in [4.69, 9.17) is 5.73 Å². The maximum atomic E-state index is 5.36. The van der Waals surface area contributed by atoms with Crippen molar-refractivity contribution in [3.63, 3.8) is 0 Å². The van der Waals surface area contributed by atoms with Gasteiger partial charge in [-0.15, -0.1) is 0 Å². The largest absolute Gasteiger partial charge is 0.404 e. The molecule has 0 unspecified atom stereocenters. The van der Waals surface area contributed by atoms with Crippen molar-refractivity contribution in [3.05, 3.63) is 48.2 Å². The quantitative estimate of drug-likeness (QED) is 0.613. The molecule has 0 bridgehead atoms. The van der Waals surface area contributed by atoms with Crippen LogP contribution >= 0.6 is 0 Å². The summed E-state index contributed by atoms with van der Waals surface area (Å²) in [6.45, 7) is 7.56. The first-order valence-electron chi connectivity index (χ1n) is 3.60. The standard InChI is InChI=1S/C10H15N/c1-4-6-10(7-5-2)9(3)8-11/h4-8H,1,11H2,2-3H3/b7-5-,9-8-,10-6-. The molecule has 0 rings (SSSR count). The molecule has 0 saturated heterocycles. The highest BCUT2D eigenvalue weighted by Crippen LogP contribution is 2.09. The molecule has 0 aromatic heterocycles. The molecule has 0 heterocycles. The summed E-state index contributed by atoms with van der Waals surface area (Å²) in [5.74, 6) is 0. The fourth-order valence-corrected chi connectivity index (χ4v) is 0.721. The van der Waals surface area contributed by atoms with Crippen molar-refractivity contribution in [2.24, 2.45) is 5.73 Å². The summed E-state index contributed by atoms with van der Waals surface area (Å²) < 4.78 is 0. The zero-order valence-electron chi connectivity index (χ0n) is 7.17. The van der Waals surface area contributed by atoms with Crippen LogP contribution in [0, 0.1) is 0 Å². The van der Waals surface area contributed by atoms with E-state index >= 15 is 0 Å². The van der Waals surface area contributed by atoms with Crippen molar-refractivity contribution in [1.29, 1.82) is 0 Å². The Hall–Kier alpha value is -1.24. The van der Waals surface area contributed by atoms with Crippen LogP contribution in [0.2, 0.25) is 0 Å². The van der Waals surface area contributed by atoms with Gasteiger partial charge in [0.1, 0.15) is 0 Å². The van der Waals surface area contributed by atoms with Gasteiger partial charge in [0.25, 0.3) is 0 Å². The van der Waals surface area contributed by atoms with E-state index in [1.807, 2.05) is 32.1 Å². The summed E-state index contributed by atoms with van der Waals surface area (Å²) in [4.78, 5) is 0. The van der Waals surface area contributed by atoms with E-state index in [2.05, 4.69) is 6.58 Å². The van der Waals surface area contributed by atoms with Crippen molar-refractivity contribution >= 4 is 0 Å². The Morgan fingerprint density at radius 1 is 1.45 bits per heavy atom. The molecule has 0 aromatic carbocycles. The minimum absolute atomic E-state index is 1.06. The summed E-state index contributed by atoms with van der Waals surface area (Å²) in [6.07, 6.45) is 9.25. The second kappa shape index (κ2) is 5.54. The smallest absolute Gasteiger partial charge is 0.00265 e. The zero-order valence-corrected chi connectivity index (χ0v) is 7.17. The third-order valence-corrected chi connectivity index (χ3v) is 1.35. The minimum atomic E-state index is 1.06. The molecule has 0 aromatic rings. The Morgan fingerprint density at radius 3 is 2.45 bits per heavy atom. The fraction of sp³-hybridized carbons (Fsp3) is 0.200. The van der Waals surface area contributed by atoms with Gasteiger partial charge >= 0.3 is 0 Å². The second-order valence-electron chi connectivity index (χ2n) is 2.21. The summed E-state index contributed by atoms with van der Waals surface area (Å²) in [6, 6.07) is 0. The Balaban J connectivity index is 4.61. The van der Waals surface area contributed by atoms with Crippen molar-refractivity contribution in [1.82, 2.24) is 0 Å². The Kier molecular flexibility index (Phi) is 4.91. The first-order chi connectivity index (χ1) is 5.26. The molecule has 60 valence electrons. The molecule has 0 saturated carbocycles. The van der Waals surface area contributed by atoms with Crippen LogP contribution in [0.4, 0.5) is 0 Å². The predicted molar refractivity (Wildman–Crippen MR) is 51.0 cm³/mol. The third-order valence-electron chi connectivity index (χ3n) is 1.35. The predicted octanol–water partition coefficient (Wildman–Crippen LogP) is 2.54. The van der Waals surface area contributed by atoms with Gasteiger partial charge in [-0.2, -0.15) is 0 Å². The average Bonchev–Trinajstić information content (AvgIpc) is 2.03. The van der Waals surface area contributed by atoms with Gasteiger partial charge in [0.2, 0.25) is 0 Å². The topological polar surface area (TPSA) is 26.0 Å². The Labute approximate surface area is 68.6 Å². The van der Waals surface area contributed by atoms with Gasteiger partial charge in [0, 0.05) is 0 Å². The van der Waals surface area contributed by atoms with Crippen LogP contribution in [0.3, 0.4) is 0 Å². The van der Waals surface area contributed by atoms with Crippen molar-refractivity contribution in [3.8, 4) is 0 Å². The van der Waals surface area contributed by atoms with E-state index in [-0.39, 0.29) is 0 Å². The maximum absolute atomic E-state index is 5.36. The summed E-state index contributed by atoms with van der Waals surface area (Å²) in [7, 11) is 0. The lowest BCUT2D eigenvalue weighted by Gasteiger charge is -1.98. The van der Waals surface area contributed by atoms with Crippen LogP contribution in [-0.2, 0) is 0 Å². The van der Waals surface area contributed by atoms with Gasteiger partial charge < -0.3 is 5.73 Å². The molecule has 2 N–H and O–H groups in total. The SMILES string of the molecule is C=C/C=C(/C=C\C)C(\C)=C/N. The first kappa shape index (κ1) is 9.76. The van der Waals surface area contributed by atoms with Gasteiger partial charge in [-0.1, -0.05) is 30.9 Å². The number of rotatable bonds is 3. The summed E-state index contributed by atoms with van der Waals surface area (Å²) >= 11 is 0. The molecule has 0 radical (unpaired) electrons. The van der Waals surface area contributed by atoms with Crippen LogP contribution in [0.25, 0.3) is 0 Å². The maximum Gasteiger partial charge on any atom is -0.00265 e. The highest BCUT2D eigenvalue weighted by Gasteiger charge is 1.90. The van der Waals surface area contributed by atoms with Crippen molar-refractivity contribution < 1.29 is 0 Å². The Morgan fingerprint density at radius 2 is 2.09 bits per heavy atom. The molecule has 1 nitrogen and oxygen atoms in total. The van der Waals surface area contributed by atoms with E-state index in [1.165, 1.54) is 0 Å². The van der Waals surface area contributed by atoms with E-state index < -0.39 is 0 Å². The van der Waals surface area contributed by atoms with Crippen molar-refractivity contribution in [2.45, 2.75) is 13.8 Å². The van der Waals surface area contributed by atoms with Gasteiger partial charge in [0.05, 0.1) is 0 Å². The highest BCUT2D eigenvalue weighted by atomic mass is 14.5. The monoisotopic (exact) mass is 149 g/mol. The normalized spacial score (nSPS) is 14.0. The van der Waals surface area contributed by atoms with E-state index in [1.54, 1.807) is 12.3 Å². The molecule has 0 amide bonds. The summed E-state index contributed by atoms with van der Waals surface area (Å²) in [5.41, 5.74) is 7.52. The number of allylic oxidation sites excluding steroid dienone is 6. The molecular weight excluding hydrogens is 134 g/mol. The summed E-state index contributed by atoms with van der Waals surface area (Å²) in [5, 5.41) is 0. The lowest BCUT2D eigenvalue weighted by atomic mass is 10.1. The number of nitrogens with two attached hydrogens (primary N) is 1. The lowest BCUT2D eigenvalue weighted by Crippen LogP contribution is -1.86. The third kappa shape index (κ3) is 3.46. The molecular formula is C10H15N. The molecule has 0 fully saturated rings. The molecule has 1 heteroatoms.